The minimum Gasteiger partial charge on any atom is -0.319 e. The topological polar surface area (TPSA) is 107 Å². The Morgan fingerprint density at radius 2 is 1.81 bits per heavy atom. The number of pyridine rings is 2. The Morgan fingerprint density at radius 1 is 1.06 bits per heavy atom. The number of nitrogens with zero attached hydrogens (tertiary/aromatic N) is 5. The third-order valence-electron chi connectivity index (χ3n) is 5.50. The largest absolute Gasteiger partial charge is 0.433 e. The Labute approximate surface area is 200 Å². The summed E-state index contributed by atoms with van der Waals surface area (Å²) in [6, 6.07) is 13.8. The maximum atomic E-state index is 13.6. The summed E-state index contributed by atoms with van der Waals surface area (Å²) in [7, 11) is 0. The van der Waals surface area contributed by atoms with Gasteiger partial charge < -0.3 is 5.73 Å². The van der Waals surface area contributed by atoms with Gasteiger partial charge in [0.1, 0.15) is 23.7 Å². The zero-order valence-corrected chi connectivity index (χ0v) is 18.7. The van der Waals surface area contributed by atoms with Gasteiger partial charge in [0.25, 0.3) is 0 Å². The van der Waals surface area contributed by atoms with Crippen LogP contribution in [0.25, 0.3) is 28.0 Å². The van der Waals surface area contributed by atoms with Gasteiger partial charge in [0, 0.05) is 11.3 Å². The highest BCUT2D eigenvalue weighted by Crippen LogP contribution is 2.36. The lowest BCUT2D eigenvalue weighted by Gasteiger charge is -2.12. The van der Waals surface area contributed by atoms with Crippen molar-refractivity contribution in [2.75, 3.05) is 5.73 Å². The van der Waals surface area contributed by atoms with E-state index in [9.17, 15) is 22.4 Å². The van der Waals surface area contributed by atoms with Crippen LogP contribution in [0, 0.1) is 12.7 Å². The number of H-pyrrole nitrogens is 1. The molecule has 1 aromatic carbocycles. The van der Waals surface area contributed by atoms with Crippen molar-refractivity contribution >= 4 is 11.6 Å². The zero-order valence-electron chi connectivity index (χ0n) is 18.7. The molecule has 5 rings (SSSR count). The molecular formula is C24H18F4N7O+. The van der Waals surface area contributed by atoms with Crippen molar-refractivity contribution in [3.05, 3.63) is 94.2 Å². The maximum Gasteiger partial charge on any atom is 0.433 e. The Morgan fingerprint density at radius 3 is 2.47 bits per heavy atom. The van der Waals surface area contributed by atoms with Gasteiger partial charge in [-0.05, 0) is 36.8 Å². The van der Waals surface area contributed by atoms with Gasteiger partial charge in [-0.2, -0.15) is 17.9 Å². The number of hydrogen-bond donors (Lipinski definition) is 2. The van der Waals surface area contributed by atoms with Crippen LogP contribution in [0.15, 0.2) is 65.6 Å². The lowest BCUT2D eigenvalue weighted by atomic mass is 9.99. The van der Waals surface area contributed by atoms with E-state index in [1.165, 1.54) is 29.8 Å². The van der Waals surface area contributed by atoms with Gasteiger partial charge in [-0.15, -0.1) is 9.38 Å². The van der Waals surface area contributed by atoms with E-state index in [0.717, 1.165) is 16.7 Å². The number of aromatic amines is 1. The van der Waals surface area contributed by atoms with E-state index < -0.39 is 23.4 Å². The SMILES string of the molecule is Cc1cc(-c2c(-c3ccccc3)nc(N)[n+]3c(=O)n(Cc4ccc(F)cn4)[nH]c23)cc(C(F)(F)F)n1. The molecule has 0 spiro atoms. The molecule has 0 amide bonds. The summed E-state index contributed by atoms with van der Waals surface area (Å²) in [4.78, 5) is 25.2. The van der Waals surface area contributed by atoms with Crippen LogP contribution < -0.4 is 15.8 Å². The van der Waals surface area contributed by atoms with Crippen molar-refractivity contribution in [3.63, 3.8) is 0 Å². The minimum atomic E-state index is -4.69. The Balaban J connectivity index is 1.82. The Kier molecular flexibility index (Phi) is 5.50. The van der Waals surface area contributed by atoms with E-state index in [-0.39, 0.29) is 40.7 Å². The number of nitrogen functional groups attached to an aromatic ring is 1. The average molecular weight is 496 g/mol. The molecule has 0 radical (unpaired) electrons. The van der Waals surface area contributed by atoms with E-state index in [1.807, 2.05) is 0 Å². The van der Waals surface area contributed by atoms with Crippen LogP contribution in [0.5, 0.6) is 0 Å². The molecule has 0 fully saturated rings. The molecule has 0 bridgehead atoms. The third-order valence-corrected chi connectivity index (χ3v) is 5.50. The standard InChI is InChI=1S/C24H17F4N7O/c1-13-9-15(10-18(31-13)24(26,27)28)19-20(14-5-3-2-4-6-14)32-22(29)35-21(19)33-34(23(35)36)12-17-8-7-16(25)11-30-17/h2-11H,12H2,1H3,(H2,29,31,32,33)/p+1. The van der Waals surface area contributed by atoms with Crippen LogP contribution >= 0.6 is 0 Å². The van der Waals surface area contributed by atoms with Crippen molar-refractivity contribution in [1.29, 1.82) is 0 Å². The first-order valence-electron chi connectivity index (χ1n) is 10.7. The normalized spacial score (nSPS) is 11.8. The van der Waals surface area contributed by atoms with Gasteiger partial charge in [-0.25, -0.2) is 19.3 Å². The predicted octanol–water partition coefficient (Wildman–Crippen LogP) is 3.53. The molecule has 0 atom stereocenters. The first-order valence-corrected chi connectivity index (χ1v) is 10.7. The zero-order chi connectivity index (χ0) is 25.6. The summed E-state index contributed by atoms with van der Waals surface area (Å²) in [6.45, 7) is 1.38. The highest BCUT2D eigenvalue weighted by Gasteiger charge is 2.34. The molecule has 0 unspecified atom stereocenters. The first kappa shape index (κ1) is 23.1. The van der Waals surface area contributed by atoms with Gasteiger partial charge in [0.05, 0.1) is 17.5 Å². The summed E-state index contributed by atoms with van der Waals surface area (Å²) in [5.74, 6) is -0.699. The van der Waals surface area contributed by atoms with Crippen molar-refractivity contribution in [2.45, 2.75) is 19.6 Å². The number of halogens is 4. The molecule has 182 valence electrons. The van der Waals surface area contributed by atoms with E-state index >= 15 is 0 Å². The fraction of sp³-hybridized carbons (Fsp3) is 0.125. The molecule has 0 aliphatic carbocycles. The molecule has 4 heterocycles. The van der Waals surface area contributed by atoms with Crippen LogP contribution in [0.2, 0.25) is 0 Å². The predicted molar refractivity (Wildman–Crippen MR) is 122 cm³/mol. The number of aromatic nitrogens is 6. The van der Waals surface area contributed by atoms with Crippen LogP contribution in [-0.2, 0) is 12.7 Å². The molecule has 12 heteroatoms. The van der Waals surface area contributed by atoms with Gasteiger partial charge >= 0.3 is 17.8 Å². The smallest absolute Gasteiger partial charge is 0.319 e. The fourth-order valence-electron chi connectivity index (χ4n) is 3.96. The number of alkyl halides is 3. The molecule has 8 nitrogen and oxygen atoms in total. The highest BCUT2D eigenvalue weighted by molar-refractivity contribution is 5.88. The molecule has 36 heavy (non-hydrogen) atoms. The van der Waals surface area contributed by atoms with Gasteiger partial charge in [-0.1, -0.05) is 30.3 Å². The number of nitrogens with one attached hydrogen (secondary N) is 1. The molecule has 3 N–H and O–H groups in total. The van der Waals surface area contributed by atoms with Crippen LogP contribution in [0.4, 0.5) is 23.5 Å². The second-order valence-electron chi connectivity index (χ2n) is 8.07. The second kappa shape index (κ2) is 8.56. The van der Waals surface area contributed by atoms with Crippen LogP contribution in [0.3, 0.4) is 0 Å². The van der Waals surface area contributed by atoms with Gasteiger partial charge in [0.15, 0.2) is 0 Å². The summed E-state index contributed by atoms with van der Waals surface area (Å²) in [5, 5.41) is 2.93. The Hall–Kier alpha value is -4.61. The number of anilines is 1. The minimum absolute atomic E-state index is 0.0660. The van der Waals surface area contributed by atoms with Gasteiger partial charge in [-0.3, -0.25) is 4.98 Å². The van der Waals surface area contributed by atoms with Crippen LogP contribution in [0.1, 0.15) is 17.1 Å². The molecule has 5 aromatic rings. The fourth-order valence-corrected chi connectivity index (χ4v) is 3.96. The lowest BCUT2D eigenvalue weighted by molar-refractivity contribution is -0.516. The molecule has 0 aliphatic rings. The number of benzene rings is 1. The van der Waals surface area contributed by atoms with E-state index in [4.69, 9.17) is 5.73 Å². The van der Waals surface area contributed by atoms with E-state index in [1.54, 1.807) is 30.3 Å². The number of fused-ring (bicyclic) bond motifs is 1. The quantitative estimate of drug-likeness (QED) is 0.293. The molecular weight excluding hydrogens is 478 g/mol. The van der Waals surface area contributed by atoms with Crippen LogP contribution in [-0.4, -0.2) is 24.7 Å². The maximum absolute atomic E-state index is 13.6. The molecule has 0 saturated carbocycles. The summed E-state index contributed by atoms with van der Waals surface area (Å²) >= 11 is 0. The monoisotopic (exact) mass is 496 g/mol. The number of rotatable bonds is 4. The van der Waals surface area contributed by atoms with Crippen molar-refractivity contribution in [2.24, 2.45) is 0 Å². The third kappa shape index (κ3) is 4.17. The number of nitrogens with two attached hydrogens (primary N) is 1. The second-order valence-corrected chi connectivity index (χ2v) is 8.07. The van der Waals surface area contributed by atoms with E-state index in [2.05, 4.69) is 20.1 Å². The highest BCUT2D eigenvalue weighted by atomic mass is 19.4. The van der Waals surface area contributed by atoms with Gasteiger partial charge in [0.2, 0.25) is 5.65 Å². The number of aryl methyl sites for hydroxylation is 1. The van der Waals surface area contributed by atoms with E-state index in [0.29, 0.717) is 11.3 Å². The molecule has 4 aromatic heterocycles. The van der Waals surface area contributed by atoms with Crippen molar-refractivity contribution in [1.82, 2.24) is 24.7 Å². The summed E-state index contributed by atoms with van der Waals surface area (Å²) in [6.07, 6.45) is -3.67. The Bertz CT molecular complexity index is 1640. The lowest BCUT2D eigenvalue weighted by Crippen LogP contribution is -2.44. The van der Waals surface area contributed by atoms with Crippen molar-refractivity contribution < 1.29 is 22.0 Å². The number of hydrogen-bond acceptors (Lipinski definition) is 5. The first-order chi connectivity index (χ1) is 17.1. The molecule has 0 aliphatic heterocycles. The summed E-state index contributed by atoms with van der Waals surface area (Å²) in [5.41, 5.74) is 6.33. The molecule has 0 saturated heterocycles. The van der Waals surface area contributed by atoms with Crippen molar-refractivity contribution in [3.8, 4) is 22.4 Å². The average Bonchev–Trinajstić information content (AvgIpc) is 3.16. The summed E-state index contributed by atoms with van der Waals surface area (Å²) < 4.78 is 56.3.